The van der Waals surface area contributed by atoms with Crippen molar-refractivity contribution < 1.29 is 19.2 Å². The lowest BCUT2D eigenvalue weighted by Crippen LogP contribution is -2.15. The molecule has 1 aromatic rings. The number of ketones is 1. The lowest BCUT2D eigenvalue weighted by molar-refractivity contribution is -0.148. The van der Waals surface area contributed by atoms with Gasteiger partial charge < -0.3 is 9.63 Å². The van der Waals surface area contributed by atoms with Crippen molar-refractivity contribution in [2.45, 2.75) is 6.42 Å². The van der Waals surface area contributed by atoms with Crippen molar-refractivity contribution in [3.63, 3.8) is 0 Å². The summed E-state index contributed by atoms with van der Waals surface area (Å²) in [5.74, 6) is -2.34. The van der Waals surface area contributed by atoms with Crippen molar-refractivity contribution in [3.8, 4) is 0 Å². The van der Waals surface area contributed by atoms with Crippen LogP contribution < -0.4 is 0 Å². The van der Waals surface area contributed by atoms with Crippen molar-refractivity contribution in [2.75, 3.05) is 0 Å². The molecule has 5 nitrogen and oxygen atoms in total. The second-order valence-electron chi connectivity index (χ2n) is 1.90. The molecule has 0 aromatic carbocycles. The third-order valence-electron chi connectivity index (χ3n) is 1.07. The van der Waals surface area contributed by atoms with Gasteiger partial charge in [0.2, 0.25) is 5.78 Å². The largest absolute Gasteiger partial charge is 0.475 e. The highest BCUT2D eigenvalue weighted by Crippen LogP contribution is 1.95. The van der Waals surface area contributed by atoms with E-state index in [-0.39, 0.29) is 6.42 Å². The van der Waals surface area contributed by atoms with E-state index in [4.69, 9.17) is 5.11 Å². The number of nitrogens with zero attached hydrogens (tertiary/aromatic N) is 1. The highest BCUT2D eigenvalue weighted by atomic mass is 16.5. The van der Waals surface area contributed by atoms with E-state index in [0.29, 0.717) is 5.69 Å². The van der Waals surface area contributed by atoms with Gasteiger partial charge in [0.1, 0.15) is 6.26 Å². The van der Waals surface area contributed by atoms with Crippen molar-refractivity contribution in [2.24, 2.45) is 0 Å². The average Bonchev–Trinajstić information content (AvgIpc) is 2.39. The molecule has 5 heteroatoms. The van der Waals surface area contributed by atoms with Crippen LogP contribution in [-0.2, 0) is 16.0 Å². The van der Waals surface area contributed by atoms with Gasteiger partial charge in [0.15, 0.2) is 0 Å². The highest BCUT2D eigenvalue weighted by Gasteiger charge is 2.13. The standard InChI is InChI=1S/C6H5NO4/c8-5(6(9)10)3-4-1-2-11-7-4/h1-2H,3H2,(H,9,10). The van der Waals surface area contributed by atoms with Crippen LogP contribution >= 0.6 is 0 Å². The fraction of sp³-hybridized carbons (Fsp3) is 0.167. The molecule has 0 atom stereocenters. The Hall–Kier alpha value is -1.65. The summed E-state index contributed by atoms with van der Waals surface area (Å²) in [5.41, 5.74) is 0.331. The summed E-state index contributed by atoms with van der Waals surface area (Å²) in [6, 6.07) is 1.45. The van der Waals surface area contributed by atoms with Gasteiger partial charge in [-0.2, -0.15) is 0 Å². The maximum Gasteiger partial charge on any atom is 0.372 e. The minimum absolute atomic E-state index is 0.216. The van der Waals surface area contributed by atoms with Crippen LogP contribution in [0.3, 0.4) is 0 Å². The molecule has 11 heavy (non-hydrogen) atoms. The molecule has 1 N–H and O–H groups in total. The van der Waals surface area contributed by atoms with Crippen LogP contribution in [0.5, 0.6) is 0 Å². The molecular weight excluding hydrogens is 150 g/mol. The summed E-state index contributed by atoms with van der Waals surface area (Å²) in [6.07, 6.45) is 1.07. The van der Waals surface area contributed by atoms with Crippen molar-refractivity contribution >= 4 is 11.8 Å². The van der Waals surface area contributed by atoms with Crippen molar-refractivity contribution in [1.29, 1.82) is 0 Å². The molecule has 58 valence electrons. The van der Waals surface area contributed by atoms with E-state index in [0.717, 1.165) is 0 Å². The predicted octanol–water partition coefficient (Wildman–Crippen LogP) is -0.129. The van der Waals surface area contributed by atoms with Crippen LogP contribution in [0, 0.1) is 0 Å². The first kappa shape index (κ1) is 7.46. The number of carboxylic acid groups (broad SMARTS) is 1. The molecule has 0 radical (unpaired) electrons. The van der Waals surface area contributed by atoms with Crippen molar-refractivity contribution in [1.82, 2.24) is 5.16 Å². The first-order chi connectivity index (χ1) is 5.20. The Bertz CT molecular complexity index is 264. The Morgan fingerprint density at radius 3 is 2.82 bits per heavy atom. The second-order valence-corrected chi connectivity index (χ2v) is 1.90. The Morgan fingerprint density at radius 1 is 1.64 bits per heavy atom. The third kappa shape index (κ3) is 1.89. The van der Waals surface area contributed by atoms with Gasteiger partial charge in [0, 0.05) is 6.07 Å². The van der Waals surface area contributed by atoms with Crippen LogP contribution in [0.15, 0.2) is 16.9 Å². The number of carbonyl (C=O) groups is 2. The third-order valence-corrected chi connectivity index (χ3v) is 1.07. The second kappa shape index (κ2) is 2.96. The van der Waals surface area contributed by atoms with Crippen LogP contribution in [0.2, 0.25) is 0 Å². The summed E-state index contributed by atoms with van der Waals surface area (Å²) >= 11 is 0. The SMILES string of the molecule is O=C(O)C(=O)Cc1ccon1. The molecule has 0 amide bonds. The van der Waals surface area contributed by atoms with E-state index in [2.05, 4.69) is 9.68 Å². The molecule has 1 aromatic heterocycles. The van der Waals surface area contributed by atoms with E-state index in [1.165, 1.54) is 12.3 Å². The van der Waals surface area contributed by atoms with Gasteiger partial charge in [-0.15, -0.1) is 0 Å². The Labute approximate surface area is 61.6 Å². The van der Waals surface area contributed by atoms with Crippen LogP contribution in [0.1, 0.15) is 5.69 Å². The Balaban J connectivity index is 2.57. The molecule has 0 saturated carbocycles. The number of carbonyl (C=O) groups excluding carboxylic acids is 1. The van der Waals surface area contributed by atoms with Crippen LogP contribution in [0.25, 0.3) is 0 Å². The minimum atomic E-state index is -1.45. The van der Waals surface area contributed by atoms with Crippen LogP contribution in [0.4, 0.5) is 0 Å². The van der Waals surface area contributed by atoms with Gasteiger partial charge >= 0.3 is 5.97 Å². The van der Waals surface area contributed by atoms with E-state index in [1.807, 2.05) is 0 Å². The van der Waals surface area contributed by atoms with Crippen molar-refractivity contribution in [3.05, 3.63) is 18.0 Å². The molecule has 0 aliphatic heterocycles. The fourth-order valence-corrected chi connectivity index (χ4v) is 0.569. The normalized spacial score (nSPS) is 9.45. The van der Waals surface area contributed by atoms with Gasteiger partial charge in [0.25, 0.3) is 0 Å². The zero-order valence-electron chi connectivity index (χ0n) is 5.48. The minimum Gasteiger partial charge on any atom is -0.475 e. The van der Waals surface area contributed by atoms with Gasteiger partial charge in [0.05, 0.1) is 12.1 Å². The quantitative estimate of drug-likeness (QED) is 0.615. The molecule has 1 heterocycles. The first-order valence-corrected chi connectivity index (χ1v) is 2.85. The zero-order chi connectivity index (χ0) is 8.27. The maximum atomic E-state index is 10.5. The molecule has 0 fully saturated rings. The number of hydrogen-bond donors (Lipinski definition) is 1. The van der Waals surface area contributed by atoms with E-state index < -0.39 is 11.8 Å². The molecule has 0 spiro atoms. The van der Waals surface area contributed by atoms with E-state index in [1.54, 1.807) is 0 Å². The first-order valence-electron chi connectivity index (χ1n) is 2.85. The number of aliphatic carboxylic acids is 1. The highest BCUT2D eigenvalue weighted by molar-refractivity contribution is 6.33. The molecule has 0 unspecified atom stereocenters. The maximum absolute atomic E-state index is 10.5. The molecule has 0 aliphatic rings. The van der Waals surface area contributed by atoms with E-state index in [9.17, 15) is 9.59 Å². The molecule has 1 rings (SSSR count). The van der Waals surface area contributed by atoms with Gasteiger partial charge in [-0.3, -0.25) is 4.79 Å². The summed E-state index contributed by atoms with van der Waals surface area (Å²) in [7, 11) is 0. The summed E-state index contributed by atoms with van der Waals surface area (Å²) in [5, 5.41) is 11.6. The Kier molecular flexibility index (Phi) is 2.00. The fourth-order valence-electron chi connectivity index (χ4n) is 0.569. The lowest BCUT2D eigenvalue weighted by Gasteiger charge is -1.87. The van der Waals surface area contributed by atoms with Gasteiger partial charge in [-0.25, -0.2) is 4.79 Å². The number of hydrogen-bond acceptors (Lipinski definition) is 4. The zero-order valence-corrected chi connectivity index (χ0v) is 5.48. The smallest absolute Gasteiger partial charge is 0.372 e. The predicted molar refractivity (Wildman–Crippen MR) is 32.8 cm³/mol. The number of aromatic nitrogens is 1. The molecular formula is C6H5NO4. The van der Waals surface area contributed by atoms with Crippen LogP contribution in [-0.4, -0.2) is 22.0 Å². The molecule has 0 bridgehead atoms. The monoisotopic (exact) mass is 155 g/mol. The van der Waals surface area contributed by atoms with Gasteiger partial charge in [-0.1, -0.05) is 5.16 Å². The number of rotatable bonds is 3. The average molecular weight is 155 g/mol. The summed E-state index contributed by atoms with van der Waals surface area (Å²) in [4.78, 5) is 20.5. The lowest BCUT2D eigenvalue weighted by atomic mass is 10.2. The van der Waals surface area contributed by atoms with E-state index >= 15 is 0 Å². The topological polar surface area (TPSA) is 80.4 Å². The molecule has 0 saturated heterocycles. The summed E-state index contributed by atoms with van der Waals surface area (Å²) < 4.78 is 4.40. The Morgan fingerprint density at radius 2 is 2.36 bits per heavy atom. The number of carboxylic acids is 1. The number of Topliss-reactive ketones (excluding diaryl/α,β-unsaturated/α-hetero) is 1. The van der Waals surface area contributed by atoms with Gasteiger partial charge in [-0.05, 0) is 0 Å². The molecule has 0 aliphatic carbocycles. The summed E-state index contributed by atoms with van der Waals surface area (Å²) in [6.45, 7) is 0.